The lowest BCUT2D eigenvalue weighted by Gasteiger charge is -2.14. The molecule has 2 aromatic heterocycles. The number of carbonyl (C=O) groups excluding carboxylic acids is 1. The van der Waals surface area contributed by atoms with Crippen LogP contribution in [0.1, 0.15) is 67.3 Å². The van der Waals surface area contributed by atoms with Crippen LogP contribution >= 0.6 is 11.3 Å². The molecule has 0 atom stereocenters. The Balaban J connectivity index is 1.55. The van der Waals surface area contributed by atoms with Gasteiger partial charge in [-0.05, 0) is 95.7 Å². The molecule has 4 aromatic rings. The third-order valence-electron chi connectivity index (χ3n) is 7.06. The number of rotatable bonds is 5. The molecule has 36 heavy (non-hydrogen) atoms. The van der Waals surface area contributed by atoms with Crippen molar-refractivity contribution in [2.75, 3.05) is 5.32 Å². The second-order valence-electron chi connectivity index (χ2n) is 9.92. The first kappa shape index (κ1) is 24.3. The average molecular weight is 496 g/mol. The van der Waals surface area contributed by atoms with Crippen LogP contribution in [-0.4, -0.2) is 16.7 Å². The predicted octanol–water partition coefficient (Wildman–Crippen LogP) is 7.96. The van der Waals surface area contributed by atoms with Gasteiger partial charge in [0.15, 0.2) is 0 Å². The molecular weight excluding hydrogens is 462 g/mol. The Morgan fingerprint density at radius 3 is 2.42 bits per heavy atom. The summed E-state index contributed by atoms with van der Waals surface area (Å²) in [5.41, 5.74) is 10.7. The van der Waals surface area contributed by atoms with Crippen LogP contribution in [0.15, 0.2) is 53.5 Å². The van der Waals surface area contributed by atoms with Crippen molar-refractivity contribution >= 4 is 34.8 Å². The van der Waals surface area contributed by atoms with E-state index in [2.05, 4.69) is 68.8 Å². The number of fused-ring (bicyclic) bond motifs is 1. The van der Waals surface area contributed by atoms with Crippen LogP contribution in [0.5, 0.6) is 0 Å². The second kappa shape index (κ2) is 9.90. The topological polar surface area (TPSA) is 46.4 Å². The Bertz CT molecular complexity index is 1470. The largest absolute Gasteiger partial charge is 0.322 e. The highest BCUT2D eigenvalue weighted by Crippen LogP contribution is 2.39. The highest BCUT2D eigenvalue weighted by atomic mass is 32.1. The minimum Gasteiger partial charge on any atom is -0.322 e. The number of hydrogen-bond donors (Lipinski definition) is 1. The van der Waals surface area contributed by atoms with Gasteiger partial charge >= 0.3 is 0 Å². The molecule has 2 heterocycles. The number of aryl methyl sites for hydroxylation is 5. The van der Waals surface area contributed by atoms with Gasteiger partial charge in [0.1, 0.15) is 5.00 Å². The zero-order valence-corrected chi connectivity index (χ0v) is 22.6. The number of amides is 1. The second-order valence-corrected chi connectivity index (χ2v) is 11.0. The van der Waals surface area contributed by atoms with Crippen LogP contribution in [0.25, 0.3) is 5.00 Å². The maximum atomic E-state index is 13.7. The zero-order chi connectivity index (χ0) is 25.4. The molecule has 2 aromatic carbocycles. The number of aromatic nitrogens is 1. The van der Waals surface area contributed by atoms with E-state index >= 15 is 0 Å². The van der Waals surface area contributed by atoms with Crippen LogP contribution in [0.2, 0.25) is 0 Å². The molecule has 0 unspecified atom stereocenters. The number of anilines is 1. The summed E-state index contributed by atoms with van der Waals surface area (Å²) in [4.78, 5) is 19.8. The quantitative estimate of drug-likeness (QED) is 0.280. The molecule has 5 heteroatoms. The molecule has 0 fully saturated rings. The molecule has 1 N–H and O–H groups in total. The Morgan fingerprint density at radius 1 is 0.944 bits per heavy atom. The summed E-state index contributed by atoms with van der Waals surface area (Å²) in [5, 5.41) is 4.18. The van der Waals surface area contributed by atoms with Gasteiger partial charge in [-0.1, -0.05) is 35.4 Å². The van der Waals surface area contributed by atoms with Crippen molar-refractivity contribution in [1.29, 1.82) is 0 Å². The van der Waals surface area contributed by atoms with Gasteiger partial charge in [0, 0.05) is 33.7 Å². The summed E-state index contributed by atoms with van der Waals surface area (Å²) >= 11 is 1.77. The van der Waals surface area contributed by atoms with Gasteiger partial charge in [-0.2, -0.15) is 0 Å². The molecule has 0 aliphatic heterocycles. The number of nitrogens with zero attached hydrogens (tertiary/aromatic N) is 2. The van der Waals surface area contributed by atoms with E-state index in [-0.39, 0.29) is 5.91 Å². The first-order chi connectivity index (χ1) is 17.3. The molecule has 0 bridgehead atoms. The number of carbonyl (C=O) groups is 1. The molecule has 1 amide bonds. The molecule has 0 spiro atoms. The van der Waals surface area contributed by atoms with E-state index in [1.54, 1.807) is 11.3 Å². The van der Waals surface area contributed by atoms with Crippen molar-refractivity contribution in [2.45, 2.75) is 60.3 Å². The molecule has 4 nitrogen and oxygen atoms in total. The van der Waals surface area contributed by atoms with Crippen molar-refractivity contribution in [3.8, 4) is 5.00 Å². The monoisotopic (exact) mass is 495 g/mol. The maximum Gasteiger partial charge on any atom is 0.258 e. The SMILES string of the molecule is Cc1ccc(NC(=O)c2c(-n3c(C)cc(C=Nc4ccc(C)cc4C)c3C)sc3c2CCCC3)cc1. The Hall–Kier alpha value is -3.44. The van der Waals surface area contributed by atoms with Gasteiger partial charge in [-0.15, -0.1) is 11.3 Å². The van der Waals surface area contributed by atoms with E-state index in [1.807, 2.05) is 30.5 Å². The van der Waals surface area contributed by atoms with E-state index < -0.39 is 0 Å². The Kier molecular flexibility index (Phi) is 6.67. The van der Waals surface area contributed by atoms with Crippen LogP contribution < -0.4 is 5.32 Å². The molecule has 5 rings (SSSR count). The molecular formula is C31H33N3OS. The van der Waals surface area contributed by atoms with Gasteiger partial charge in [-0.3, -0.25) is 9.79 Å². The molecule has 1 aliphatic rings. The summed E-state index contributed by atoms with van der Waals surface area (Å²) in [5.74, 6) is -0.0220. The first-order valence-corrected chi connectivity index (χ1v) is 13.5. The van der Waals surface area contributed by atoms with E-state index in [0.717, 1.165) is 58.2 Å². The van der Waals surface area contributed by atoms with Gasteiger partial charge < -0.3 is 9.88 Å². The number of benzene rings is 2. The number of hydrogen-bond acceptors (Lipinski definition) is 3. The maximum absolute atomic E-state index is 13.7. The Morgan fingerprint density at radius 2 is 1.67 bits per heavy atom. The van der Waals surface area contributed by atoms with Crippen molar-refractivity contribution in [3.63, 3.8) is 0 Å². The average Bonchev–Trinajstić information content (AvgIpc) is 3.36. The molecule has 0 saturated heterocycles. The van der Waals surface area contributed by atoms with Gasteiger partial charge in [0.2, 0.25) is 0 Å². The number of nitrogens with one attached hydrogen (secondary N) is 1. The van der Waals surface area contributed by atoms with Crippen molar-refractivity contribution in [3.05, 3.63) is 98.2 Å². The van der Waals surface area contributed by atoms with Crippen LogP contribution in [0, 0.1) is 34.6 Å². The van der Waals surface area contributed by atoms with E-state index in [4.69, 9.17) is 4.99 Å². The lowest BCUT2D eigenvalue weighted by molar-refractivity contribution is 0.102. The van der Waals surface area contributed by atoms with Gasteiger partial charge in [0.05, 0.1) is 11.3 Å². The van der Waals surface area contributed by atoms with Crippen molar-refractivity contribution < 1.29 is 4.79 Å². The minimum atomic E-state index is -0.0220. The van der Waals surface area contributed by atoms with Crippen LogP contribution in [0.3, 0.4) is 0 Å². The summed E-state index contributed by atoms with van der Waals surface area (Å²) in [6.07, 6.45) is 6.28. The first-order valence-electron chi connectivity index (χ1n) is 12.6. The summed E-state index contributed by atoms with van der Waals surface area (Å²) in [7, 11) is 0. The zero-order valence-electron chi connectivity index (χ0n) is 21.7. The van der Waals surface area contributed by atoms with Gasteiger partial charge in [0.25, 0.3) is 5.91 Å². The van der Waals surface area contributed by atoms with E-state index in [0.29, 0.717) is 0 Å². The lowest BCUT2D eigenvalue weighted by atomic mass is 9.95. The highest BCUT2D eigenvalue weighted by molar-refractivity contribution is 7.15. The fourth-order valence-corrected chi connectivity index (χ4v) is 6.59. The smallest absolute Gasteiger partial charge is 0.258 e. The third kappa shape index (κ3) is 4.68. The summed E-state index contributed by atoms with van der Waals surface area (Å²) in [6.45, 7) is 10.5. The van der Waals surface area contributed by atoms with Crippen LogP contribution in [-0.2, 0) is 12.8 Å². The minimum absolute atomic E-state index is 0.0220. The fourth-order valence-electron chi connectivity index (χ4n) is 5.09. The van der Waals surface area contributed by atoms with E-state index in [9.17, 15) is 4.79 Å². The standard InChI is InChI=1S/C31H33N3OS/c1-19-10-13-25(14-11-19)33-30(35)29-26-8-6-7-9-28(26)36-31(29)34-22(4)17-24(23(34)5)18-32-27-15-12-20(2)16-21(27)3/h10-18H,6-9H2,1-5H3,(H,33,35). The number of aliphatic imine (C=N–C) groups is 1. The van der Waals surface area contributed by atoms with Crippen molar-refractivity contribution in [2.24, 2.45) is 4.99 Å². The molecule has 184 valence electrons. The number of thiophene rings is 1. The lowest BCUT2D eigenvalue weighted by Crippen LogP contribution is -2.17. The summed E-state index contributed by atoms with van der Waals surface area (Å²) in [6, 6.07) is 16.5. The molecule has 0 radical (unpaired) electrons. The summed E-state index contributed by atoms with van der Waals surface area (Å²) < 4.78 is 2.25. The third-order valence-corrected chi connectivity index (χ3v) is 8.33. The molecule has 0 saturated carbocycles. The van der Waals surface area contributed by atoms with Crippen molar-refractivity contribution in [1.82, 2.24) is 4.57 Å². The predicted molar refractivity (Wildman–Crippen MR) is 152 cm³/mol. The normalized spacial score (nSPS) is 13.2. The highest BCUT2D eigenvalue weighted by Gasteiger charge is 2.28. The van der Waals surface area contributed by atoms with Crippen LogP contribution in [0.4, 0.5) is 11.4 Å². The molecule has 1 aliphatic carbocycles. The van der Waals surface area contributed by atoms with Gasteiger partial charge in [-0.25, -0.2) is 0 Å². The van der Waals surface area contributed by atoms with E-state index in [1.165, 1.54) is 33.6 Å². The fraction of sp³-hybridized carbons (Fsp3) is 0.290. The Labute approximate surface area is 217 Å².